The number of carbonyl (C=O) groups excluding carboxylic acids is 2. The van der Waals surface area contributed by atoms with Crippen molar-refractivity contribution in [1.82, 2.24) is 10.2 Å². The Morgan fingerprint density at radius 1 is 0.919 bits per heavy atom. The van der Waals surface area contributed by atoms with Gasteiger partial charge in [0.05, 0.1) is 15.6 Å². The van der Waals surface area contributed by atoms with E-state index in [-0.39, 0.29) is 28.1 Å². The fourth-order valence-corrected chi connectivity index (χ4v) is 5.64. The molecule has 3 aromatic rings. The molecule has 1 N–H and O–H groups in total. The Kier molecular flexibility index (Phi) is 9.59. The number of hydrogen-bond donors (Lipinski definition) is 1. The maximum absolute atomic E-state index is 13.8. The number of nitrogens with one attached hydrogen (secondary N) is 1. The van der Waals surface area contributed by atoms with Gasteiger partial charge in [-0.05, 0) is 56.7 Å². The Labute approximate surface area is 228 Å². The van der Waals surface area contributed by atoms with Gasteiger partial charge in [0.1, 0.15) is 12.6 Å². The highest BCUT2D eigenvalue weighted by atomic mass is 35.5. The molecule has 1 atom stereocenters. The van der Waals surface area contributed by atoms with Crippen LogP contribution in [0.25, 0.3) is 0 Å². The molecule has 3 aromatic carbocycles. The maximum Gasteiger partial charge on any atom is 0.264 e. The zero-order valence-electron chi connectivity index (χ0n) is 20.8. The molecule has 0 aliphatic heterocycles. The Bertz CT molecular complexity index is 1360. The van der Waals surface area contributed by atoms with E-state index in [1.165, 1.54) is 23.1 Å². The molecule has 0 aliphatic carbocycles. The lowest BCUT2D eigenvalue weighted by Gasteiger charge is -2.32. The quantitative estimate of drug-likeness (QED) is 0.375. The average molecular weight is 563 g/mol. The number of para-hydroxylation sites is 1. The number of rotatable bonds is 10. The molecule has 3 rings (SSSR count). The number of sulfonamides is 1. The molecular weight excluding hydrogens is 533 g/mol. The monoisotopic (exact) mass is 561 g/mol. The van der Waals surface area contributed by atoms with Crippen molar-refractivity contribution in [2.45, 2.75) is 38.3 Å². The molecule has 0 saturated carbocycles. The van der Waals surface area contributed by atoms with Crippen molar-refractivity contribution in [2.75, 3.05) is 17.4 Å². The van der Waals surface area contributed by atoms with Crippen LogP contribution in [0.4, 0.5) is 5.69 Å². The maximum atomic E-state index is 13.8. The van der Waals surface area contributed by atoms with Gasteiger partial charge < -0.3 is 10.2 Å². The topological polar surface area (TPSA) is 86.8 Å². The first-order valence-electron chi connectivity index (χ1n) is 11.7. The molecule has 0 aromatic heterocycles. The first-order valence-corrected chi connectivity index (χ1v) is 13.9. The molecule has 37 heavy (non-hydrogen) atoms. The summed E-state index contributed by atoms with van der Waals surface area (Å²) in [7, 11) is -4.18. The van der Waals surface area contributed by atoms with Gasteiger partial charge in [-0.2, -0.15) is 0 Å². The highest BCUT2D eigenvalue weighted by Crippen LogP contribution is 2.31. The SMILES string of the molecule is CCNC(=O)[C@@H](C)N(Cc1ccccc1Cl)C(=O)CN(c1ccccc1Cl)S(=O)(=O)c1ccc(C)cc1. The molecule has 196 valence electrons. The van der Waals surface area contributed by atoms with Crippen LogP contribution in [0.3, 0.4) is 0 Å². The molecular formula is C27H29Cl2N3O4S. The van der Waals surface area contributed by atoms with Crippen molar-refractivity contribution in [1.29, 1.82) is 0 Å². The first kappa shape index (κ1) is 28.5. The second-order valence-electron chi connectivity index (χ2n) is 8.46. The van der Waals surface area contributed by atoms with E-state index in [4.69, 9.17) is 23.2 Å². The summed E-state index contributed by atoms with van der Waals surface area (Å²) in [4.78, 5) is 27.9. The lowest BCUT2D eigenvalue weighted by molar-refractivity contribution is -0.139. The minimum atomic E-state index is -4.18. The number of nitrogens with zero attached hydrogens (tertiary/aromatic N) is 2. The molecule has 0 bridgehead atoms. The molecule has 0 unspecified atom stereocenters. The Morgan fingerprint density at radius 3 is 2.11 bits per heavy atom. The Balaban J connectivity index is 2.05. The highest BCUT2D eigenvalue weighted by molar-refractivity contribution is 7.92. The normalized spacial score (nSPS) is 12.0. The summed E-state index contributed by atoms with van der Waals surface area (Å²) in [5, 5.41) is 3.31. The van der Waals surface area contributed by atoms with Gasteiger partial charge in [-0.3, -0.25) is 13.9 Å². The van der Waals surface area contributed by atoms with E-state index in [1.807, 2.05) is 6.92 Å². The van der Waals surface area contributed by atoms with Crippen molar-refractivity contribution in [3.63, 3.8) is 0 Å². The summed E-state index contributed by atoms with van der Waals surface area (Å²) in [6.45, 7) is 5.03. The number of anilines is 1. The summed E-state index contributed by atoms with van der Waals surface area (Å²) in [5.41, 5.74) is 1.67. The number of carbonyl (C=O) groups is 2. The van der Waals surface area contributed by atoms with Crippen molar-refractivity contribution in [3.8, 4) is 0 Å². The second kappa shape index (κ2) is 12.4. The predicted octanol–water partition coefficient (Wildman–Crippen LogP) is 5.05. The van der Waals surface area contributed by atoms with Gasteiger partial charge in [0, 0.05) is 18.1 Å². The molecule has 0 spiro atoms. The van der Waals surface area contributed by atoms with Gasteiger partial charge in [-0.1, -0.05) is 71.2 Å². The second-order valence-corrected chi connectivity index (χ2v) is 11.1. The van der Waals surface area contributed by atoms with E-state index >= 15 is 0 Å². The average Bonchev–Trinajstić information content (AvgIpc) is 2.87. The third-order valence-corrected chi connectivity index (χ3v) is 8.29. The van der Waals surface area contributed by atoms with Gasteiger partial charge in [-0.15, -0.1) is 0 Å². The smallest absolute Gasteiger partial charge is 0.264 e. The molecule has 2 amide bonds. The Morgan fingerprint density at radius 2 is 1.51 bits per heavy atom. The van der Waals surface area contributed by atoms with Crippen LogP contribution in [0.5, 0.6) is 0 Å². The molecule has 0 saturated heterocycles. The van der Waals surface area contributed by atoms with Crippen molar-refractivity contribution in [3.05, 3.63) is 94.0 Å². The van der Waals surface area contributed by atoms with E-state index < -0.39 is 28.5 Å². The van der Waals surface area contributed by atoms with E-state index in [2.05, 4.69) is 5.32 Å². The summed E-state index contributed by atoms with van der Waals surface area (Å²) < 4.78 is 28.5. The van der Waals surface area contributed by atoms with Crippen LogP contribution in [-0.4, -0.2) is 44.3 Å². The van der Waals surface area contributed by atoms with Crippen LogP contribution < -0.4 is 9.62 Å². The third-order valence-electron chi connectivity index (χ3n) is 5.83. The van der Waals surface area contributed by atoms with E-state index in [0.29, 0.717) is 17.1 Å². The van der Waals surface area contributed by atoms with Crippen LogP contribution in [0.2, 0.25) is 10.0 Å². The van der Waals surface area contributed by atoms with Crippen LogP contribution in [0.1, 0.15) is 25.0 Å². The van der Waals surface area contributed by atoms with Gasteiger partial charge in [0.15, 0.2) is 0 Å². The standard InChI is InChI=1S/C27H29Cl2N3O4S/c1-4-30-27(34)20(3)31(17-21-9-5-6-10-23(21)28)26(33)18-32(25-12-8-7-11-24(25)29)37(35,36)22-15-13-19(2)14-16-22/h5-16,20H,4,17-18H2,1-3H3,(H,30,34)/t20-/m1/s1. The van der Waals surface area contributed by atoms with E-state index in [9.17, 15) is 18.0 Å². The van der Waals surface area contributed by atoms with Crippen molar-refractivity contribution >= 4 is 50.7 Å². The third kappa shape index (κ3) is 6.83. The van der Waals surface area contributed by atoms with Crippen LogP contribution in [-0.2, 0) is 26.2 Å². The van der Waals surface area contributed by atoms with E-state index in [1.54, 1.807) is 68.4 Å². The number of amides is 2. The number of halogens is 2. The molecule has 7 nitrogen and oxygen atoms in total. The number of benzene rings is 3. The fraction of sp³-hybridized carbons (Fsp3) is 0.259. The fourth-order valence-electron chi connectivity index (χ4n) is 3.72. The summed E-state index contributed by atoms with van der Waals surface area (Å²) in [6.07, 6.45) is 0. The number of aryl methyl sites for hydroxylation is 1. The summed E-state index contributed by atoms with van der Waals surface area (Å²) in [6, 6.07) is 18.8. The predicted molar refractivity (Wildman–Crippen MR) is 147 cm³/mol. The first-order chi connectivity index (χ1) is 17.6. The minimum Gasteiger partial charge on any atom is -0.355 e. The molecule has 0 radical (unpaired) electrons. The molecule has 0 fully saturated rings. The van der Waals surface area contributed by atoms with Crippen molar-refractivity contribution < 1.29 is 18.0 Å². The van der Waals surface area contributed by atoms with Crippen molar-refractivity contribution in [2.24, 2.45) is 0 Å². The van der Waals surface area contributed by atoms with E-state index in [0.717, 1.165) is 9.87 Å². The summed E-state index contributed by atoms with van der Waals surface area (Å²) >= 11 is 12.7. The lowest BCUT2D eigenvalue weighted by atomic mass is 10.1. The number of hydrogen-bond acceptors (Lipinski definition) is 4. The molecule has 10 heteroatoms. The van der Waals surface area contributed by atoms with Gasteiger partial charge in [-0.25, -0.2) is 8.42 Å². The minimum absolute atomic E-state index is 0.0117. The largest absolute Gasteiger partial charge is 0.355 e. The summed E-state index contributed by atoms with van der Waals surface area (Å²) in [5.74, 6) is -0.956. The number of likely N-dealkylation sites (N-methyl/N-ethyl adjacent to an activating group) is 1. The van der Waals surface area contributed by atoms with Crippen LogP contribution in [0, 0.1) is 6.92 Å². The van der Waals surface area contributed by atoms with Gasteiger partial charge >= 0.3 is 0 Å². The van der Waals surface area contributed by atoms with Crippen LogP contribution >= 0.6 is 23.2 Å². The zero-order valence-corrected chi connectivity index (χ0v) is 23.1. The van der Waals surface area contributed by atoms with Crippen LogP contribution in [0.15, 0.2) is 77.7 Å². The Hall–Kier alpha value is -3.07. The molecule has 0 heterocycles. The lowest BCUT2D eigenvalue weighted by Crippen LogP contribution is -2.51. The zero-order chi connectivity index (χ0) is 27.2. The van der Waals surface area contributed by atoms with Gasteiger partial charge in [0.2, 0.25) is 11.8 Å². The van der Waals surface area contributed by atoms with Gasteiger partial charge in [0.25, 0.3) is 10.0 Å². The molecule has 0 aliphatic rings. The highest BCUT2D eigenvalue weighted by Gasteiger charge is 2.33.